The number of aryl methyl sites for hydroxylation is 2. The Bertz CT molecular complexity index is 1090. The van der Waals surface area contributed by atoms with Crippen molar-refractivity contribution in [2.75, 3.05) is 23.3 Å². The third-order valence-corrected chi connectivity index (χ3v) is 6.19. The maximum absolute atomic E-state index is 12.8. The van der Waals surface area contributed by atoms with Gasteiger partial charge in [0, 0.05) is 30.8 Å². The minimum atomic E-state index is 0.00374. The molecule has 4 rings (SSSR count). The average Bonchev–Trinajstić information content (AvgIpc) is 2.82. The maximum Gasteiger partial charge on any atom is 0.227 e. The van der Waals surface area contributed by atoms with Gasteiger partial charge < -0.3 is 15.0 Å². The molecule has 1 aliphatic heterocycles. The SMILES string of the molecule is CCc1cccc(NC(=O)C2CCN(c3cc(Oc4cccc(C)c4C)ncn3)CC2)c1. The van der Waals surface area contributed by atoms with Crippen molar-refractivity contribution in [2.24, 2.45) is 5.92 Å². The zero-order valence-electron chi connectivity index (χ0n) is 19.0. The molecule has 6 nitrogen and oxygen atoms in total. The summed E-state index contributed by atoms with van der Waals surface area (Å²) < 4.78 is 6.02. The number of amides is 1. The molecule has 1 aromatic heterocycles. The Kier molecular flexibility index (Phi) is 6.69. The summed E-state index contributed by atoms with van der Waals surface area (Å²) in [4.78, 5) is 23.7. The maximum atomic E-state index is 12.8. The fraction of sp³-hybridized carbons (Fsp3) is 0.346. The van der Waals surface area contributed by atoms with Gasteiger partial charge in [-0.2, -0.15) is 0 Å². The Morgan fingerprint density at radius 2 is 1.88 bits per heavy atom. The summed E-state index contributed by atoms with van der Waals surface area (Å²) in [6.07, 6.45) is 4.07. The molecule has 0 atom stereocenters. The normalized spacial score (nSPS) is 14.3. The van der Waals surface area contributed by atoms with Crippen LogP contribution in [0.4, 0.5) is 11.5 Å². The minimum absolute atomic E-state index is 0.00374. The van der Waals surface area contributed by atoms with Crippen molar-refractivity contribution < 1.29 is 9.53 Å². The molecule has 2 aromatic carbocycles. The van der Waals surface area contributed by atoms with Gasteiger partial charge in [-0.15, -0.1) is 0 Å². The molecule has 1 amide bonds. The highest BCUT2D eigenvalue weighted by atomic mass is 16.5. The van der Waals surface area contributed by atoms with E-state index in [4.69, 9.17) is 4.74 Å². The van der Waals surface area contributed by atoms with E-state index >= 15 is 0 Å². The molecule has 1 fully saturated rings. The van der Waals surface area contributed by atoms with E-state index in [0.29, 0.717) is 5.88 Å². The van der Waals surface area contributed by atoms with Gasteiger partial charge in [0.05, 0.1) is 0 Å². The first-order chi connectivity index (χ1) is 15.5. The number of nitrogens with one attached hydrogen (secondary N) is 1. The van der Waals surface area contributed by atoms with Crippen LogP contribution in [0, 0.1) is 19.8 Å². The molecule has 0 saturated carbocycles. The summed E-state index contributed by atoms with van der Waals surface area (Å²) in [5.74, 6) is 2.26. The molecular formula is C26H30N4O2. The van der Waals surface area contributed by atoms with Gasteiger partial charge in [-0.1, -0.05) is 31.2 Å². The van der Waals surface area contributed by atoms with Gasteiger partial charge in [0.15, 0.2) is 0 Å². The van der Waals surface area contributed by atoms with Crippen molar-refractivity contribution in [3.8, 4) is 11.6 Å². The lowest BCUT2D eigenvalue weighted by atomic mass is 9.95. The third kappa shape index (κ3) is 5.07. The predicted molar refractivity (Wildman–Crippen MR) is 127 cm³/mol. The summed E-state index contributed by atoms with van der Waals surface area (Å²) in [7, 11) is 0. The Morgan fingerprint density at radius 1 is 1.09 bits per heavy atom. The van der Waals surface area contributed by atoms with E-state index in [1.54, 1.807) is 0 Å². The largest absolute Gasteiger partial charge is 0.439 e. The van der Waals surface area contributed by atoms with Crippen LogP contribution in [-0.2, 0) is 11.2 Å². The van der Waals surface area contributed by atoms with E-state index in [1.807, 2.05) is 43.3 Å². The number of rotatable bonds is 6. The van der Waals surface area contributed by atoms with Crippen LogP contribution in [0.5, 0.6) is 11.6 Å². The summed E-state index contributed by atoms with van der Waals surface area (Å²) in [5.41, 5.74) is 4.38. The lowest BCUT2D eigenvalue weighted by Crippen LogP contribution is -2.38. The fourth-order valence-electron chi connectivity index (χ4n) is 3.99. The summed E-state index contributed by atoms with van der Waals surface area (Å²) in [5, 5.41) is 3.08. The van der Waals surface area contributed by atoms with Crippen molar-refractivity contribution in [2.45, 2.75) is 40.0 Å². The van der Waals surface area contributed by atoms with Crippen LogP contribution in [0.25, 0.3) is 0 Å². The molecule has 3 aromatic rings. The van der Waals surface area contributed by atoms with Crippen molar-refractivity contribution in [3.05, 3.63) is 71.5 Å². The van der Waals surface area contributed by atoms with Gasteiger partial charge in [-0.25, -0.2) is 9.97 Å². The average molecular weight is 431 g/mol. The molecule has 1 aliphatic rings. The molecule has 2 heterocycles. The number of hydrogen-bond donors (Lipinski definition) is 1. The van der Waals surface area contributed by atoms with E-state index in [-0.39, 0.29) is 11.8 Å². The summed E-state index contributed by atoms with van der Waals surface area (Å²) >= 11 is 0. The highest BCUT2D eigenvalue weighted by molar-refractivity contribution is 5.92. The number of carbonyl (C=O) groups is 1. The monoisotopic (exact) mass is 430 g/mol. The zero-order chi connectivity index (χ0) is 22.5. The predicted octanol–water partition coefficient (Wildman–Crippen LogP) is 5.30. The third-order valence-electron chi connectivity index (χ3n) is 6.19. The number of aromatic nitrogens is 2. The Morgan fingerprint density at radius 3 is 2.66 bits per heavy atom. The van der Waals surface area contributed by atoms with Crippen molar-refractivity contribution >= 4 is 17.4 Å². The molecule has 166 valence electrons. The summed E-state index contributed by atoms with van der Waals surface area (Å²) in [6.45, 7) is 7.76. The second-order valence-corrected chi connectivity index (χ2v) is 8.32. The quantitative estimate of drug-likeness (QED) is 0.574. The lowest BCUT2D eigenvalue weighted by Gasteiger charge is -2.32. The number of carbonyl (C=O) groups excluding carboxylic acids is 1. The van der Waals surface area contributed by atoms with E-state index in [2.05, 4.69) is 46.2 Å². The number of ether oxygens (including phenoxy) is 1. The smallest absolute Gasteiger partial charge is 0.227 e. The first-order valence-corrected chi connectivity index (χ1v) is 11.2. The number of benzene rings is 2. The van der Waals surface area contributed by atoms with Crippen LogP contribution < -0.4 is 15.0 Å². The van der Waals surface area contributed by atoms with Crippen LogP contribution in [0.3, 0.4) is 0 Å². The van der Waals surface area contributed by atoms with E-state index in [0.717, 1.165) is 55.2 Å². The first-order valence-electron chi connectivity index (χ1n) is 11.2. The van der Waals surface area contributed by atoms with Crippen LogP contribution in [0.2, 0.25) is 0 Å². The van der Waals surface area contributed by atoms with Gasteiger partial charge in [0.2, 0.25) is 11.8 Å². The van der Waals surface area contributed by atoms with Crippen LogP contribution in [0.1, 0.15) is 36.5 Å². The van der Waals surface area contributed by atoms with Crippen molar-refractivity contribution in [1.29, 1.82) is 0 Å². The topological polar surface area (TPSA) is 67.4 Å². The number of nitrogens with zero attached hydrogens (tertiary/aromatic N) is 3. The second-order valence-electron chi connectivity index (χ2n) is 8.32. The van der Waals surface area contributed by atoms with E-state index < -0.39 is 0 Å². The van der Waals surface area contributed by atoms with Gasteiger partial charge >= 0.3 is 0 Å². The molecule has 0 unspecified atom stereocenters. The highest BCUT2D eigenvalue weighted by Crippen LogP contribution is 2.29. The molecule has 1 saturated heterocycles. The number of anilines is 2. The second kappa shape index (κ2) is 9.81. The summed E-state index contributed by atoms with van der Waals surface area (Å²) in [6, 6.07) is 15.9. The molecule has 1 N–H and O–H groups in total. The van der Waals surface area contributed by atoms with Crippen molar-refractivity contribution in [3.63, 3.8) is 0 Å². The molecular weight excluding hydrogens is 400 g/mol. The van der Waals surface area contributed by atoms with Crippen LogP contribution in [-0.4, -0.2) is 29.0 Å². The molecule has 0 bridgehead atoms. The standard InChI is InChI=1S/C26H30N4O2/c1-4-20-8-6-9-22(15-20)29-26(31)21-11-13-30(14-12-21)24-16-25(28-17-27-24)32-23-10-5-7-18(2)19(23)3/h5-10,15-17,21H,4,11-14H2,1-3H3,(H,29,31). The molecule has 0 aliphatic carbocycles. The molecule has 0 radical (unpaired) electrons. The van der Waals surface area contributed by atoms with Crippen molar-refractivity contribution in [1.82, 2.24) is 9.97 Å². The van der Waals surface area contributed by atoms with E-state index in [1.165, 1.54) is 17.5 Å². The van der Waals surface area contributed by atoms with Gasteiger partial charge in [-0.3, -0.25) is 4.79 Å². The number of hydrogen-bond acceptors (Lipinski definition) is 5. The number of piperidine rings is 1. The van der Waals surface area contributed by atoms with Crippen LogP contribution >= 0.6 is 0 Å². The minimum Gasteiger partial charge on any atom is -0.439 e. The Labute approximate surface area is 189 Å². The fourth-order valence-corrected chi connectivity index (χ4v) is 3.99. The first kappa shape index (κ1) is 21.8. The Hall–Kier alpha value is -3.41. The molecule has 6 heteroatoms. The van der Waals surface area contributed by atoms with Gasteiger partial charge in [0.1, 0.15) is 17.9 Å². The zero-order valence-corrected chi connectivity index (χ0v) is 19.0. The van der Waals surface area contributed by atoms with Gasteiger partial charge in [0.25, 0.3) is 0 Å². The Balaban J connectivity index is 1.36. The highest BCUT2D eigenvalue weighted by Gasteiger charge is 2.26. The van der Waals surface area contributed by atoms with Crippen LogP contribution in [0.15, 0.2) is 54.9 Å². The lowest BCUT2D eigenvalue weighted by molar-refractivity contribution is -0.120. The molecule has 0 spiro atoms. The van der Waals surface area contributed by atoms with Gasteiger partial charge in [-0.05, 0) is 68.0 Å². The van der Waals surface area contributed by atoms with E-state index in [9.17, 15) is 4.79 Å². The molecule has 32 heavy (non-hydrogen) atoms.